The van der Waals surface area contributed by atoms with Gasteiger partial charge in [-0.2, -0.15) is 0 Å². The van der Waals surface area contributed by atoms with Crippen LogP contribution in [0.5, 0.6) is 0 Å². The van der Waals surface area contributed by atoms with Crippen LogP contribution in [-0.2, 0) is 9.59 Å². The number of anilines is 1. The van der Waals surface area contributed by atoms with Gasteiger partial charge in [0.2, 0.25) is 11.8 Å². The molecule has 0 saturated carbocycles. The molecule has 1 N–H and O–H groups in total. The molecule has 1 aromatic rings. The number of nitrogens with zero attached hydrogens (tertiary/aromatic N) is 1. The molecule has 0 radical (unpaired) electrons. The van der Waals surface area contributed by atoms with Crippen molar-refractivity contribution in [3.8, 4) is 0 Å². The van der Waals surface area contributed by atoms with Gasteiger partial charge in [0.05, 0.1) is 0 Å². The first-order valence-electron chi connectivity index (χ1n) is 8.66. The molecule has 134 valence electrons. The number of carbonyl (C=O) groups excluding carboxylic acids is 2. The van der Waals surface area contributed by atoms with Crippen LogP contribution in [0.1, 0.15) is 78.4 Å². The Hall–Kier alpha value is -1.84. The van der Waals surface area contributed by atoms with Crippen molar-refractivity contribution >= 4 is 17.5 Å². The first-order chi connectivity index (χ1) is 10.9. The zero-order valence-corrected chi connectivity index (χ0v) is 16.4. The van der Waals surface area contributed by atoms with E-state index in [1.54, 1.807) is 4.90 Å². The van der Waals surface area contributed by atoms with Crippen molar-refractivity contribution in [1.82, 2.24) is 4.90 Å². The van der Waals surface area contributed by atoms with Crippen molar-refractivity contribution in [3.05, 3.63) is 29.3 Å². The molecular weight excluding hydrogens is 300 g/mol. The van der Waals surface area contributed by atoms with Crippen molar-refractivity contribution < 1.29 is 9.59 Å². The molecule has 0 aliphatic heterocycles. The molecule has 0 spiro atoms. The number of hydrogen-bond acceptors (Lipinski definition) is 2. The van der Waals surface area contributed by atoms with E-state index in [0.29, 0.717) is 11.8 Å². The predicted molar refractivity (Wildman–Crippen MR) is 100 cm³/mol. The molecule has 0 atom stereocenters. The van der Waals surface area contributed by atoms with Gasteiger partial charge >= 0.3 is 0 Å². The maximum atomic E-state index is 12.6. The second-order valence-corrected chi connectivity index (χ2v) is 7.95. The van der Waals surface area contributed by atoms with Gasteiger partial charge in [-0.1, -0.05) is 45.9 Å². The van der Waals surface area contributed by atoms with Crippen LogP contribution in [0, 0.1) is 0 Å². The van der Waals surface area contributed by atoms with E-state index in [4.69, 9.17) is 0 Å². The third kappa shape index (κ3) is 5.08. The summed E-state index contributed by atoms with van der Waals surface area (Å²) in [5, 5.41) is 3.07. The standard InChI is InChI=1S/C20H32N2O2/c1-13(2)16-10-9-11-17(14(3)4)19(16)21-18(24)12-22(15(5)23)20(6,7)8/h9-11,13-14H,12H2,1-8H3,(H,21,24). The number of amides is 2. The number of hydrogen-bond donors (Lipinski definition) is 1. The van der Waals surface area contributed by atoms with Crippen molar-refractivity contribution in [1.29, 1.82) is 0 Å². The number of carbonyl (C=O) groups is 2. The molecule has 0 fully saturated rings. The van der Waals surface area contributed by atoms with Gasteiger partial charge in [-0.25, -0.2) is 0 Å². The maximum absolute atomic E-state index is 12.6. The van der Waals surface area contributed by atoms with Gasteiger partial charge in [-0.05, 0) is 43.7 Å². The van der Waals surface area contributed by atoms with Gasteiger partial charge in [-0.15, -0.1) is 0 Å². The summed E-state index contributed by atoms with van der Waals surface area (Å²) in [6, 6.07) is 6.15. The summed E-state index contributed by atoms with van der Waals surface area (Å²) in [7, 11) is 0. The van der Waals surface area contributed by atoms with Gasteiger partial charge < -0.3 is 10.2 Å². The largest absolute Gasteiger partial charge is 0.329 e. The fraction of sp³-hybridized carbons (Fsp3) is 0.600. The molecule has 0 heterocycles. The molecule has 4 nitrogen and oxygen atoms in total. The van der Waals surface area contributed by atoms with Gasteiger partial charge in [0, 0.05) is 18.2 Å². The van der Waals surface area contributed by atoms with E-state index in [1.165, 1.54) is 6.92 Å². The SMILES string of the molecule is CC(=O)N(CC(=O)Nc1c(C(C)C)cccc1C(C)C)C(C)(C)C. The summed E-state index contributed by atoms with van der Waals surface area (Å²) in [6.45, 7) is 15.8. The number of benzene rings is 1. The lowest BCUT2D eigenvalue weighted by Gasteiger charge is -2.34. The Bertz CT molecular complexity index is 572. The van der Waals surface area contributed by atoms with Crippen LogP contribution < -0.4 is 5.32 Å². The lowest BCUT2D eigenvalue weighted by atomic mass is 9.92. The van der Waals surface area contributed by atoms with Crippen molar-refractivity contribution in [3.63, 3.8) is 0 Å². The Morgan fingerprint density at radius 3 is 1.83 bits per heavy atom. The fourth-order valence-electron chi connectivity index (χ4n) is 2.84. The summed E-state index contributed by atoms with van der Waals surface area (Å²) in [4.78, 5) is 26.1. The second kappa shape index (κ2) is 7.82. The number of para-hydroxylation sites is 1. The molecule has 0 aromatic heterocycles. The van der Waals surface area contributed by atoms with Crippen LogP contribution in [0.3, 0.4) is 0 Å². The zero-order chi connectivity index (χ0) is 18.7. The minimum absolute atomic E-state index is 0.0583. The minimum atomic E-state index is -0.387. The number of rotatable bonds is 5. The first kappa shape index (κ1) is 20.2. The van der Waals surface area contributed by atoms with Crippen LogP contribution in [-0.4, -0.2) is 28.8 Å². The minimum Gasteiger partial charge on any atom is -0.329 e. The van der Waals surface area contributed by atoms with Gasteiger partial charge in [0.15, 0.2) is 0 Å². The Morgan fingerprint density at radius 1 is 1.04 bits per heavy atom. The van der Waals surface area contributed by atoms with E-state index in [0.717, 1.165) is 16.8 Å². The molecule has 0 aliphatic rings. The van der Waals surface area contributed by atoms with Crippen LogP contribution in [0.25, 0.3) is 0 Å². The lowest BCUT2D eigenvalue weighted by Crippen LogP contribution is -2.48. The highest BCUT2D eigenvalue weighted by Crippen LogP contribution is 2.32. The molecule has 1 aromatic carbocycles. The third-order valence-electron chi connectivity index (χ3n) is 4.13. The molecule has 1 rings (SSSR count). The summed E-state index contributed by atoms with van der Waals surface area (Å²) in [5.41, 5.74) is 2.76. The zero-order valence-electron chi connectivity index (χ0n) is 16.4. The highest BCUT2D eigenvalue weighted by molar-refractivity contribution is 5.96. The highest BCUT2D eigenvalue weighted by atomic mass is 16.2. The topological polar surface area (TPSA) is 49.4 Å². The molecule has 2 amide bonds. The van der Waals surface area contributed by atoms with Gasteiger partial charge in [0.25, 0.3) is 0 Å². The second-order valence-electron chi connectivity index (χ2n) is 7.95. The molecule has 24 heavy (non-hydrogen) atoms. The Kier molecular flexibility index (Phi) is 6.58. The third-order valence-corrected chi connectivity index (χ3v) is 4.13. The summed E-state index contributed by atoms with van der Waals surface area (Å²) < 4.78 is 0. The lowest BCUT2D eigenvalue weighted by molar-refractivity contribution is -0.137. The van der Waals surface area contributed by atoms with Crippen molar-refractivity contribution in [2.45, 2.75) is 72.8 Å². The van der Waals surface area contributed by atoms with E-state index < -0.39 is 0 Å². The van der Waals surface area contributed by atoms with Crippen molar-refractivity contribution in [2.24, 2.45) is 0 Å². The average Bonchev–Trinajstić information content (AvgIpc) is 2.42. The summed E-state index contributed by atoms with van der Waals surface area (Å²) >= 11 is 0. The quantitative estimate of drug-likeness (QED) is 0.862. The normalized spacial score (nSPS) is 11.8. The Balaban J connectivity index is 3.12. The van der Waals surface area contributed by atoms with E-state index in [-0.39, 0.29) is 23.9 Å². The molecule has 0 aliphatic carbocycles. The van der Waals surface area contributed by atoms with Crippen LogP contribution in [0.2, 0.25) is 0 Å². The molecule has 0 saturated heterocycles. The summed E-state index contributed by atoms with van der Waals surface area (Å²) in [6.07, 6.45) is 0. The fourth-order valence-corrected chi connectivity index (χ4v) is 2.84. The highest BCUT2D eigenvalue weighted by Gasteiger charge is 2.26. The smallest absolute Gasteiger partial charge is 0.244 e. The van der Waals surface area contributed by atoms with Crippen LogP contribution >= 0.6 is 0 Å². The molecule has 0 bridgehead atoms. The number of nitrogens with one attached hydrogen (secondary N) is 1. The van der Waals surface area contributed by atoms with E-state index in [9.17, 15) is 9.59 Å². The monoisotopic (exact) mass is 332 g/mol. The van der Waals surface area contributed by atoms with Gasteiger partial charge in [-0.3, -0.25) is 9.59 Å². The van der Waals surface area contributed by atoms with Crippen LogP contribution in [0.15, 0.2) is 18.2 Å². The molecule has 0 unspecified atom stereocenters. The van der Waals surface area contributed by atoms with Gasteiger partial charge in [0.1, 0.15) is 6.54 Å². The Morgan fingerprint density at radius 2 is 1.50 bits per heavy atom. The van der Waals surface area contributed by atoms with E-state index in [2.05, 4.69) is 45.1 Å². The molecule has 4 heteroatoms. The summed E-state index contributed by atoms with van der Waals surface area (Å²) in [5.74, 6) is 0.366. The first-order valence-corrected chi connectivity index (χ1v) is 8.66. The van der Waals surface area contributed by atoms with E-state index in [1.807, 2.05) is 26.8 Å². The molecular formula is C20H32N2O2. The van der Waals surface area contributed by atoms with Crippen molar-refractivity contribution in [2.75, 3.05) is 11.9 Å². The van der Waals surface area contributed by atoms with E-state index >= 15 is 0 Å². The van der Waals surface area contributed by atoms with Crippen LogP contribution in [0.4, 0.5) is 5.69 Å². The predicted octanol–water partition coefficient (Wildman–Crippen LogP) is 4.52. The maximum Gasteiger partial charge on any atom is 0.244 e. The average molecular weight is 332 g/mol. The Labute approximate surface area is 146 Å².